The smallest absolute Gasteiger partial charge is 0.249 e. The summed E-state index contributed by atoms with van der Waals surface area (Å²) < 4.78 is 25.8. The van der Waals surface area contributed by atoms with Crippen molar-refractivity contribution in [1.82, 2.24) is 14.9 Å². The average Bonchev–Trinajstić information content (AvgIpc) is 2.89. The molecule has 2 aliphatic rings. The second kappa shape index (κ2) is 10.3. The number of nitrogens with zero attached hydrogens (tertiary/aromatic N) is 3. The third-order valence-corrected chi connectivity index (χ3v) is 5.85. The maximum Gasteiger partial charge on any atom is 0.249 e. The zero-order valence-corrected chi connectivity index (χ0v) is 19.5. The van der Waals surface area contributed by atoms with Gasteiger partial charge in [0, 0.05) is 53.3 Å². The molecule has 0 aliphatic carbocycles. The summed E-state index contributed by atoms with van der Waals surface area (Å²) in [7, 11) is 0. The van der Waals surface area contributed by atoms with Gasteiger partial charge in [-0.05, 0) is 30.3 Å². The number of rotatable bonds is 5. The molecule has 0 spiro atoms. The lowest BCUT2D eigenvalue weighted by atomic mass is 10.0. The number of hydrogen-bond donors (Lipinski definition) is 2. The summed E-state index contributed by atoms with van der Waals surface area (Å²) in [6.45, 7) is 3.82. The van der Waals surface area contributed by atoms with Crippen molar-refractivity contribution in [3.8, 4) is 28.1 Å². The van der Waals surface area contributed by atoms with Gasteiger partial charge in [0.05, 0.1) is 37.3 Å². The fourth-order valence-corrected chi connectivity index (χ4v) is 4.08. The summed E-state index contributed by atoms with van der Waals surface area (Å²) in [5, 5.41) is 6.45. The van der Waals surface area contributed by atoms with Crippen LogP contribution < -0.4 is 15.4 Å². The van der Waals surface area contributed by atoms with E-state index in [-0.39, 0.29) is 11.5 Å². The van der Waals surface area contributed by atoms with Crippen LogP contribution in [0.3, 0.4) is 0 Å². The van der Waals surface area contributed by atoms with Crippen LogP contribution in [0.25, 0.3) is 22.4 Å². The number of hydrogen-bond acceptors (Lipinski definition) is 7. The van der Waals surface area contributed by atoms with Gasteiger partial charge in [-0.25, -0.2) is 9.37 Å². The quantitative estimate of drug-likeness (QED) is 0.513. The van der Waals surface area contributed by atoms with Gasteiger partial charge in [0.1, 0.15) is 12.4 Å². The van der Waals surface area contributed by atoms with E-state index in [0.29, 0.717) is 65.5 Å². The molecule has 0 radical (unpaired) electrons. The summed E-state index contributed by atoms with van der Waals surface area (Å²) >= 11 is 6.11. The first-order valence-corrected chi connectivity index (χ1v) is 11.6. The van der Waals surface area contributed by atoms with Gasteiger partial charge < -0.3 is 25.0 Å². The first kappa shape index (κ1) is 23.1. The highest BCUT2D eigenvalue weighted by Crippen LogP contribution is 2.41. The van der Waals surface area contributed by atoms with Gasteiger partial charge >= 0.3 is 0 Å². The van der Waals surface area contributed by atoms with Crippen LogP contribution in [0.1, 0.15) is 0 Å². The lowest BCUT2D eigenvalue weighted by molar-refractivity contribution is -0.112. The fourth-order valence-electron chi connectivity index (χ4n) is 3.91. The van der Waals surface area contributed by atoms with Crippen molar-refractivity contribution in [2.45, 2.75) is 0 Å². The normalized spacial score (nSPS) is 15.3. The van der Waals surface area contributed by atoms with E-state index in [2.05, 4.69) is 20.6 Å². The number of aromatic nitrogens is 2. The van der Waals surface area contributed by atoms with Gasteiger partial charge in [0.2, 0.25) is 5.91 Å². The maximum absolute atomic E-state index is 14.6. The van der Waals surface area contributed by atoms with E-state index in [1.165, 1.54) is 24.3 Å². The number of morpholine rings is 1. The SMILES string of the molecule is O=C(C=CN1CCOCC1)Nc1cncc(-c2cc(-c3cc(Cl)ccc3F)nc3c2OCCN3)c1. The summed E-state index contributed by atoms with van der Waals surface area (Å²) in [4.78, 5) is 23.3. The second-order valence-electron chi connectivity index (χ2n) is 8.05. The van der Waals surface area contributed by atoms with E-state index in [1.54, 1.807) is 30.7 Å². The Morgan fingerprint density at radius 1 is 1.14 bits per heavy atom. The molecule has 0 unspecified atom stereocenters. The Morgan fingerprint density at radius 3 is 2.86 bits per heavy atom. The van der Waals surface area contributed by atoms with Crippen LogP contribution >= 0.6 is 11.6 Å². The van der Waals surface area contributed by atoms with Gasteiger partial charge in [-0.3, -0.25) is 9.78 Å². The zero-order valence-electron chi connectivity index (χ0n) is 18.8. The van der Waals surface area contributed by atoms with Crippen LogP contribution in [0.5, 0.6) is 5.75 Å². The predicted octanol–water partition coefficient (Wildman–Crippen LogP) is 4.19. The lowest BCUT2D eigenvalue weighted by Crippen LogP contribution is -2.32. The number of halogens is 2. The second-order valence-corrected chi connectivity index (χ2v) is 8.48. The largest absolute Gasteiger partial charge is 0.487 e. The van der Waals surface area contributed by atoms with Crippen LogP contribution in [0.2, 0.25) is 5.02 Å². The molecule has 10 heteroatoms. The Kier molecular flexibility index (Phi) is 6.78. The highest BCUT2D eigenvalue weighted by Gasteiger charge is 2.21. The van der Waals surface area contributed by atoms with Gasteiger partial charge in [-0.15, -0.1) is 0 Å². The van der Waals surface area contributed by atoms with Crippen molar-refractivity contribution >= 4 is 29.0 Å². The monoisotopic (exact) mass is 495 g/mol. The third-order valence-electron chi connectivity index (χ3n) is 5.62. The minimum atomic E-state index is -0.435. The number of benzene rings is 1. The Labute approximate surface area is 206 Å². The molecule has 0 bridgehead atoms. The zero-order chi connectivity index (χ0) is 24.2. The lowest BCUT2D eigenvalue weighted by Gasteiger charge is -2.24. The highest BCUT2D eigenvalue weighted by molar-refractivity contribution is 6.30. The van der Waals surface area contributed by atoms with Crippen molar-refractivity contribution in [3.05, 3.63) is 65.8 Å². The Morgan fingerprint density at radius 2 is 2.00 bits per heavy atom. The van der Waals surface area contributed by atoms with Gasteiger partial charge in [0.15, 0.2) is 11.6 Å². The minimum absolute atomic E-state index is 0.271. The van der Waals surface area contributed by atoms with Crippen molar-refractivity contribution in [2.75, 3.05) is 50.1 Å². The fraction of sp³-hybridized carbons (Fsp3) is 0.240. The Balaban J connectivity index is 1.45. The molecule has 180 valence electrons. The molecule has 1 amide bonds. The average molecular weight is 496 g/mol. The summed E-state index contributed by atoms with van der Waals surface area (Å²) in [5.74, 6) is 0.341. The van der Waals surface area contributed by atoms with Crippen molar-refractivity contribution in [2.24, 2.45) is 0 Å². The van der Waals surface area contributed by atoms with Crippen molar-refractivity contribution in [1.29, 1.82) is 0 Å². The van der Waals surface area contributed by atoms with E-state index in [4.69, 9.17) is 21.1 Å². The van der Waals surface area contributed by atoms with E-state index in [9.17, 15) is 9.18 Å². The molecule has 2 aromatic heterocycles. The van der Waals surface area contributed by atoms with Gasteiger partial charge in [0.25, 0.3) is 0 Å². The standard InChI is InChI=1S/C25H23ClFN5O3/c26-17-1-2-21(27)20(12-17)22-13-19(24-25(31-22)29-4-8-35-24)16-11-18(15-28-14-16)30-23(33)3-5-32-6-9-34-10-7-32/h1-3,5,11-15H,4,6-10H2,(H,29,31)(H,30,33). The molecule has 3 aromatic rings. The topological polar surface area (TPSA) is 88.6 Å². The molecule has 35 heavy (non-hydrogen) atoms. The van der Waals surface area contributed by atoms with Crippen LogP contribution in [0.4, 0.5) is 15.9 Å². The molecule has 5 rings (SSSR count). The van der Waals surface area contributed by atoms with E-state index in [1.807, 2.05) is 4.90 Å². The number of ether oxygens (including phenoxy) is 2. The predicted molar refractivity (Wildman–Crippen MR) is 132 cm³/mol. The maximum atomic E-state index is 14.6. The van der Waals surface area contributed by atoms with Gasteiger partial charge in [-0.2, -0.15) is 0 Å². The molecule has 2 N–H and O–H groups in total. The van der Waals surface area contributed by atoms with Gasteiger partial charge in [-0.1, -0.05) is 11.6 Å². The van der Waals surface area contributed by atoms with Crippen LogP contribution in [-0.2, 0) is 9.53 Å². The van der Waals surface area contributed by atoms with Crippen molar-refractivity contribution in [3.63, 3.8) is 0 Å². The number of carbonyl (C=O) groups excluding carboxylic acids is 1. The summed E-state index contributed by atoms with van der Waals surface area (Å²) in [5.41, 5.74) is 2.55. The highest BCUT2D eigenvalue weighted by atomic mass is 35.5. The molecule has 4 heterocycles. The number of amides is 1. The molecule has 0 atom stereocenters. The molecule has 2 aliphatic heterocycles. The molecule has 1 fully saturated rings. The number of fused-ring (bicyclic) bond motifs is 1. The van der Waals surface area contributed by atoms with Crippen LogP contribution in [0.15, 0.2) is 55.0 Å². The molecule has 1 aromatic carbocycles. The van der Waals surface area contributed by atoms with E-state index >= 15 is 0 Å². The number of pyridine rings is 2. The number of nitrogens with one attached hydrogen (secondary N) is 2. The molecular formula is C25H23ClFN5O3. The third kappa shape index (κ3) is 5.36. The van der Waals surface area contributed by atoms with E-state index < -0.39 is 5.82 Å². The minimum Gasteiger partial charge on any atom is -0.487 e. The summed E-state index contributed by atoms with van der Waals surface area (Å²) in [6, 6.07) is 7.87. The number of anilines is 2. The van der Waals surface area contributed by atoms with E-state index in [0.717, 1.165) is 13.1 Å². The van der Waals surface area contributed by atoms with Crippen LogP contribution in [0, 0.1) is 5.82 Å². The molecule has 8 nitrogen and oxygen atoms in total. The first-order valence-electron chi connectivity index (χ1n) is 11.2. The Hall–Kier alpha value is -3.69. The number of carbonyl (C=O) groups is 1. The van der Waals surface area contributed by atoms with Crippen LogP contribution in [-0.4, -0.2) is 60.2 Å². The molecule has 0 saturated carbocycles. The van der Waals surface area contributed by atoms with Crippen molar-refractivity contribution < 1.29 is 18.7 Å². The Bertz CT molecular complexity index is 1280. The molecular weight excluding hydrogens is 473 g/mol. The first-order chi connectivity index (χ1) is 17.1. The summed E-state index contributed by atoms with van der Waals surface area (Å²) in [6.07, 6.45) is 6.47. The molecule has 1 saturated heterocycles.